The normalized spacial score (nSPS) is 11.4. The van der Waals surface area contributed by atoms with Gasteiger partial charge in [-0.1, -0.05) is 12.1 Å². The minimum Gasteiger partial charge on any atom is -0.366 e. The molecule has 0 aliphatic rings. The van der Waals surface area contributed by atoms with Crippen LogP contribution in [0.15, 0.2) is 30.6 Å². The van der Waals surface area contributed by atoms with E-state index >= 15 is 0 Å². The number of para-hydroxylation sites is 1. The second-order valence-corrected chi connectivity index (χ2v) is 5.76. The van der Waals surface area contributed by atoms with Crippen LogP contribution < -0.4 is 5.32 Å². The second-order valence-electron chi connectivity index (χ2n) is 5.76. The molecule has 112 valence electrons. The number of rotatable bonds is 4. The van der Waals surface area contributed by atoms with Crippen molar-refractivity contribution in [3.05, 3.63) is 30.6 Å². The van der Waals surface area contributed by atoms with Crippen LogP contribution in [0.1, 0.15) is 20.8 Å². The molecule has 1 amide bonds. The van der Waals surface area contributed by atoms with E-state index < -0.39 is 0 Å². The summed E-state index contributed by atoms with van der Waals surface area (Å²) in [4.78, 5) is 12.0. The van der Waals surface area contributed by atoms with Gasteiger partial charge < -0.3 is 14.6 Å². The molecular formula is C15H20N4O2. The molecule has 2 rings (SSSR count). The SMILES string of the molecule is Cn1cnnc1-c1ccccc1NC(=O)COC(C)(C)C. The molecular weight excluding hydrogens is 268 g/mol. The molecule has 0 radical (unpaired) electrons. The summed E-state index contributed by atoms with van der Waals surface area (Å²) in [6.45, 7) is 5.74. The van der Waals surface area contributed by atoms with Crippen molar-refractivity contribution >= 4 is 11.6 Å². The Balaban J connectivity index is 2.14. The summed E-state index contributed by atoms with van der Waals surface area (Å²) in [5.74, 6) is 0.502. The lowest BCUT2D eigenvalue weighted by Crippen LogP contribution is -2.27. The minimum atomic E-state index is -0.347. The van der Waals surface area contributed by atoms with Crippen molar-refractivity contribution in [2.75, 3.05) is 11.9 Å². The molecule has 0 unspecified atom stereocenters. The molecule has 6 heteroatoms. The predicted molar refractivity (Wildman–Crippen MR) is 80.8 cm³/mol. The van der Waals surface area contributed by atoms with Gasteiger partial charge in [0.2, 0.25) is 5.91 Å². The van der Waals surface area contributed by atoms with Crippen molar-refractivity contribution in [1.82, 2.24) is 14.8 Å². The van der Waals surface area contributed by atoms with E-state index in [1.807, 2.05) is 52.1 Å². The van der Waals surface area contributed by atoms with E-state index in [4.69, 9.17) is 4.74 Å². The molecule has 0 spiro atoms. The topological polar surface area (TPSA) is 69.0 Å². The van der Waals surface area contributed by atoms with E-state index in [1.165, 1.54) is 0 Å². The molecule has 0 atom stereocenters. The lowest BCUT2D eigenvalue weighted by Gasteiger charge is -2.19. The molecule has 0 bridgehead atoms. The molecule has 0 aliphatic carbocycles. The summed E-state index contributed by atoms with van der Waals surface area (Å²) >= 11 is 0. The summed E-state index contributed by atoms with van der Waals surface area (Å²) in [6.07, 6.45) is 1.62. The van der Waals surface area contributed by atoms with E-state index in [0.29, 0.717) is 11.5 Å². The van der Waals surface area contributed by atoms with Crippen LogP contribution in [0.2, 0.25) is 0 Å². The molecule has 1 N–H and O–H groups in total. The van der Waals surface area contributed by atoms with Gasteiger partial charge in [0.25, 0.3) is 0 Å². The van der Waals surface area contributed by atoms with Gasteiger partial charge in [-0.05, 0) is 32.9 Å². The van der Waals surface area contributed by atoms with E-state index in [2.05, 4.69) is 15.5 Å². The number of nitrogens with one attached hydrogen (secondary N) is 1. The van der Waals surface area contributed by atoms with Gasteiger partial charge in [0.05, 0.1) is 11.3 Å². The number of aromatic nitrogens is 3. The Hall–Kier alpha value is -2.21. The Bertz CT molecular complexity index is 629. The molecule has 0 fully saturated rings. The Labute approximate surface area is 124 Å². The van der Waals surface area contributed by atoms with Crippen molar-refractivity contribution in [1.29, 1.82) is 0 Å². The standard InChI is InChI=1S/C15H20N4O2/c1-15(2,3)21-9-13(20)17-12-8-6-5-7-11(12)14-18-16-10-19(14)4/h5-8,10H,9H2,1-4H3,(H,17,20). The number of ether oxygens (including phenoxy) is 1. The van der Waals surface area contributed by atoms with Crippen molar-refractivity contribution in [3.8, 4) is 11.4 Å². The third-order valence-corrected chi connectivity index (χ3v) is 2.79. The monoisotopic (exact) mass is 288 g/mol. The predicted octanol–water partition coefficient (Wildman–Crippen LogP) is 2.24. The number of benzene rings is 1. The molecule has 1 heterocycles. The highest BCUT2D eigenvalue weighted by Gasteiger charge is 2.15. The first-order chi connectivity index (χ1) is 9.87. The number of hydrogen-bond donors (Lipinski definition) is 1. The molecule has 1 aromatic carbocycles. The van der Waals surface area contributed by atoms with E-state index in [1.54, 1.807) is 10.9 Å². The van der Waals surface area contributed by atoms with Crippen LogP contribution in [0.5, 0.6) is 0 Å². The zero-order valence-electron chi connectivity index (χ0n) is 12.8. The maximum Gasteiger partial charge on any atom is 0.250 e. The van der Waals surface area contributed by atoms with Crippen LogP contribution in [0, 0.1) is 0 Å². The molecule has 0 saturated heterocycles. The zero-order valence-corrected chi connectivity index (χ0v) is 12.8. The van der Waals surface area contributed by atoms with Crippen molar-refractivity contribution in [2.45, 2.75) is 26.4 Å². The highest BCUT2D eigenvalue weighted by atomic mass is 16.5. The quantitative estimate of drug-likeness (QED) is 0.936. The highest BCUT2D eigenvalue weighted by molar-refractivity contribution is 5.95. The number of nitrogens with zero attached hydrogens (tertiary/aromatic N) is 3. The van der Waals surface area contributed by atoms with Gasteiger partial charge in [0.15, 0.2) is 5.82 Å². The van der Waals surface area contributed by atoms with Gasteiger partial charge in [0, 0.05) is 12.6 Å². The summed E-state index contributed by atoms with van der Waals surface area (Å²) in [5.41, 5.74) is 1.17. The Kier molecular flexibility index (Phi) is 4.37. The Morgan fingerprint density at radius 1 is 1.33 bits per heavy atom. The van der Waals surface area contributed by atoms with Gasteiger partial charge in [-0.2, -0.15) is 0 Å². The number of hydrogen-bond acceptors (Lipinski definition) is 4. The smallest absolute Gasteiger partial charge is 0.250 e. The first-order valence-electron chi connectivity index (χ1n) is 6.74. The number of aryl methyl sites for hydroxylation is 1. The highest BCUT2D eigenvalue weighted by Crippen LogP contribution is 2.25. The molecule has 1 aromatic heterocycles. The van der Waals surface area contributed by atoms with Gasteiger partial charge >= 0.3 is 0 Å². The molecule has 21 heavy (non-hydrogen) atoms. The number of amides is 1. The van der Waals surface area contributed by atoms with Crippen LogP contribution in [-0.4, -0.2) is 32.9 Å². The maximum atomic E-state index is 12.0. The van der Waals surface area contributed by atoms with Crippen LogP contribution in [-0.2, 0) is 16.6 Å². The third kappa shape index (κ3) is 4.13. The number of carbonyl (C=O) groups is 1. The van der Waals surface area contributed by atoms with Crippen LogP contribution in [0.4, 0.5) is 5.69 Å². The van der Waals surface area contributed by atoms with Crippen molar-refractivity contribution < 1.29 is 9.53 Å². The van der Waals surface area contributed by atoms with Crippen LogP contribution in [0.3, 0.4) is 0 Å². The average molecular weight is 288 g/mol. The molecule has 2 aromatic rings. The van der Waals surface area contributed by atoms with Crippen molar-refractivity contribution in [3.63, 3.8) is 0 Å². The summed E-state index contributed by atoms with van der Waals surface area (Å²) in [5, 5.41) is 10.8. The second kappa shape index (κ2) is 6.05. The first kappa shape index (κ1) is 15.2. The van der Waals surface area contributed by atoms with Gasteiger partial charge in [0.1, 0.15) is 12.9 Å². The van der Waals surface area contributed by atoms with E-state index in [9.17, 15) is 4.79 Å². The molecule has 0 saturated carbocycles. The van der Waals surface area contributed by atoms with E-state index in [0.717, 1.165) is 5.56 Å². The fourth-order valence-corrected chi connectivity index (χ4v) is 1.78. The maximum absolute atomic E-state index is 12.0. The zero-order chi connectivity index (χ0) is 15.5. The molecule has 6 nitrogen and oxygen atoms in total. The Morgan fingerprint density at radius 2 is 2.05 bits per heavy atom. The van der Waals surface area contributed by atoms with E-state index in [-0.39, 0.29) is 18.1 Å². The number of carbonyl (C=O) groups excluding carboxylic acids is 1. The van der Waals surface area contributed by atoms with Crippen LogP contribution >= 0.6 is 0 Å². The van der Waals surface area contributed by atoms with Crippen LogP contribution in [0.25, 0.3) is 11.4 Å². The summed E-state index contributed by atoms with van der Waals surface area (Å²) in [7, 11) is 1.86. The summed E-state index contributed by atoms with van der Waals surface area (Å²) < 4.78 is 7.27. The molecule has 0 aliphatic heterocycles. The summed E-state index contributed by atoms with van der Waals surface area (Å²) in [6, 6.07) is 7.48. The fraction of sp³-hybridized carbons (Fsp3) is 0.400. The third-order valence-electron chi connectivity index (χ3n) is 2.79. The minimum absolute atomic E-state index is 0.0106. The largest absolute Gasteiger partial charge is 0.366 e. The Morgan fingerprint density at radius 3 is 2.67 bits per heavy atom. The lowest BCUT2D eigenvalue weighted by atomic mass is 10.1. The van der Waals surface area contributed by atoms with Crippen molar-refractivity contribution in [2.24, 2.45) is 7.05 Å². The first-order valence-corrected chi connectivity index (χ1v) is 6.74. The lowest BCUT2D eigenvalue weighted by molar-refractivity contribution is -0.125. The van der Waals surface area contributed by atoms with Gasteiger partial charge in [-0.25, -0.2) is 0 Å². The average Bonchev–Trinajstić information content (AvgIpc) is 2.82. The van der Waals surface area contributed by atoms with Gasteiger partial charge in [-0.15, -0.1) is 10.2 Å². The van der Waals surface area contributed by atoms with Gasteiger partial charge in [-0.3, -0.25) is 4.79 Å². The fourth-order valence-electron chi connectivity index (χ4n) is 1.78. The number of anilines is 1.